The van der Waals surface area contributed by atoms with Crippen molar-refractivity contribution in [2.24, 2.45) is 0 Å². The molecule has 2 aromatic rings. The van der Waals surface area contributed by atoms with Crippen molar-refractivity contribution in [3.8, 4) is 22.9 Å². The lowest BCUT2D eigenvalue weighted by Crippen LogP contribution is -2.25. The highest BCUT2D eigenvalue weighted by Gasteiger charge is 2.36. The quantitative estimate of drug-likeness (QED) is 0.931. The van der Waals surface area contributed by atoms with Gasteiger partial charge in [0.1, 0.15) is 0 Å². The monoisotopic (exact) mass is 325 g/mol. The Morgan fingerprint density at radius 2 is 2.00 bits per heavy atom. The average molecular weight is 326 g/mol. The molecule has 3 rings (SSSR count). The Balaban J connectivity index is 0.00000176. The number of methoxy groups -OCH3 is 2. The van der Waals surface area contributed by atoms with Crippen LogP contribution in [0.4, 0.5) is 0 Å². The second-order valence-electron chi connectivity index (χ2n) is 5.48. The molecule has 22 heavy (non-hydrogen) atoms. The van der Waals surface area contributed by atoms with E-state index in [2.05, 4.69) is 22.4 Å². The maximum Gasteiger partial charge on any atom is 0.234 e. The summed E-state index contributed by atoms with van der Waals surface area (Å²) in [6.45, 7) is 3.98. The van der Waals surface area contributed by atoms with E-state index in [-0.39, 0.29) is 17.8 Å². The fourth-order valence-electron chi connectivity index (χ4n) is 2.56. The topological polar surface area (TPSA) is 69.4 Å². The number of hydrogen-bond acceptors (Lipinski definition) is 6. The number of aromatic nitrogens is 2. The van der Waals surface area contributed by atoms with Crippen molar-refractivity contribution in [3.05, 3.63) is 24.1 Å². The Kier molecular flexibility index (Phi) is 4.93. The number of rotatable bonds is 4. The molecule has 7 heteroatoms. The lowest BCUT2D eigenvalue weighted by atomic mass is 9.90. The third-order valence-electron chi connectivity index (χ3n) is 3.95. The molecular formula is C15H20ClN3O3. The smallest absolute Gasteiger partial charge is 0.234 e. The van der Waals surface area contributed by atoms with Gasteiger partial charge in [0.05, 0.1) is 19.6 Å². The first-order valence-corrected chi connectivity index (χ1v) is 6.93. The van der Waals surface area contributed by atoms with Crippen molar-refractivity contribution in [1.29, 1.82) is 0 Å². The highest BCUT2D eigenvalue weighted by atomic mass is 35.5. The molecule has 1 aromatic carbocycles. The molecule has 1 saturated heterocycles. The number of halogens is 1. The van der Waals surface area contributed by atoms with Crippen molar-refractivity contribution >= 4 is 12.4 Å². The molecule has 1 atom stereocenters. The lowest BCUT2D eigenvalue weighted by Gasteiger charge is -2.15. The second kappa shape index (κ2) is 6.54. The van der Waals surface area contributed by atoms with E-state index in [0.717, 1.165) is 25.1 Å². The molecule has 0 amide bonds. The van der Waals surface area contributed by atoms with E-state index < -0.39 is 0 Å². The molecule has 1 aromatic heterocycles. The number of benzene rings is 1. The average Bonchev–Trinajstić information content (AvgIpc) is 3.16. The van der Waals surface area contributed by atoms with E-state index in [9.17, 15) is 0 Å². The summed E-state index contributed by atoms with van der Waals surface area (Å²) in [7, 11) is 3.21. The van der Waals surface area contributed by atoms with Gasteiger partial charge in [0, 0.05) is 12.1 Å². The molecule has 1 fully saturated rings. The highest BCUT2D eigenvalue weighted by molar-refractivity contribution is 5.85. The van der Waals surface area contributed by atoms with E-state index in [1.54, 1.807) is 14.2 Å². The normalized spacial score (nSPS) is 20.5. The minimum atomic E-state index is -0.0815. The molecule has 1 N–H and O–H groups in total. The maximum absolute atomic E-state index is 5.46. The van der Waals surface area contributed by atoms with Crippen LogP contribution in [0.1, 0.15) is 19.2 Å². The number of ether oxygens (including phenoxy) is 2. The van der Waals surface area contributed by atoms with E-state index in [1.807, 2.05) is 18.2 Å². The van der Waals surface area contributed by atoms with E-state index in [0.29, 0.717) is 23.2 Å². The Morgan fingerprint density at radius 3 is 2.64 bits per heavy atom. The van der Waals surface area contributed by atoms with Crippen LogP contribution in [0.5, 0.6) is 11.5 Å². The van der Waals surface area contributed by atoms with Gasteiger partial charge in [0.2, 0.25) is 11.7 Å². The standard InChI is InChI=1S/C15H19N3O3.ClH/c1-15(6-7-16-9-15)14-17-13(18-21-14)10-4-5-11(19-2)12(8-10)20-3;/h4-5,8,16H,6-7,9H2,1-3H3;1H. The second-order valence-corrected chi connectivity index (χ2v) is 5.48. The van der Waals surface area contributed by atoms with Gasteiger partial charge in [-0.15, -0.1) is 12.4 Å². The van der Waals surface area contributed by atoms with Crippen LogP contribution in [0.3, 0.4) is 0 Å². The first-order chi connectivity index (χ1) is 10.2. The summed E-state index contributed by atoms with van der Waals surface area (Å²) in [6.07, 6.45) is 1.00. The maximum atomic E-state index is 5.46. The number of nitrogens with zero attached hydrogens (tertiary/aromatic N) is 2. The van der Waals surface area contributed by atoms with E-state index >= 15 is 0 Å². The predicted molar refractivity (Wildman–Crippen MR) is 84.9 cm³/mol. The predicted octanol–water partition coefficient (Wildman–Crippen LogP) is 2.43. The molecule has 0 radical (unpaired) electrons. The van der Waals surface area contributed by atoms with Crippen LogP contribution in [0, 0.1) is 0 Å². The van der Waals surface area contributed by atoms with Gasteiger partial charge in [-0.05, 0) is 38.1 Å². The fraction of sp³-hybridized carbons (Fsp3) is 0.467. The lowest BCUT2D eigenvalue weighted by molar-refractivity contribution is 0.306. The molecule has 120 valence electrons. The first-order valence-electron chi connectivity index (χ1n) is 6.93. The minimum absolute atomic E-state index is 0. The summed E-state index contributed by atoms with van der Waals surface area (Å²) in [6, 6.07) is 5.58. The highest BCUT2D eigenvalue weighted by Crippen LogP contribution is 2.33. The van der Waals surface area contributed by atoms with Crippen molar-refractivity contribution in [1.82, 2.24) is 15.5 Å². The van der Waals surface area contributed by atoms with Crippen LogP contribution in [0.25, 0.3) is 11.4 Å². The third kappa shape index (κ3) is 2.89. The van der Waals surface area contributed by atoms with Crippen LogP contribution in [0.2, 0.25) is 0 Å². The van der Waals surface area contributed by atoms with Crippen LogP contribution >= 0.6 is 12.4 Å². The zero-order valence-corrected chi connectivity index (χ0v) is 13.7. The number of nitrogens with one attached hydrogen (secondary N) is 1. The van der Waals surface area contributed by atoms with Gasteiger partial charge in [-0.25, -0.2) is 0 Å². The molecule has 1 unspecified atom stereocenters. The molecule has 2 heterocycles. The van der Waals surface area contributed by atoms with Crippen LogP contribution in [-0.2, 0) is 5.41 Å². The molecule has 6 nitrogen and oxygen atoms in total. The molecule has 0 spiro atoms. The largest absolute Gasteiger partial charge is 0.493 e. The Labute approximate surface area is 135 Å². The Hall–Kier alpha value is -1.79. The van der Waals surface area contributed by atoms with Crippen LogP contribution in [0.15, 0.2) is 22.7 Å². The molecular weight excluding hydrogens is 306 g/mol. The van der Waals surface area contributed by atoms with Crippen LogP contribution in [-0.4, -0.2) is 37.4 Å². The summed E-state index contributed by atoms with van der Waals surface area (Å²) in [4.78, 5) is 4.55. The number of hydrogen-bond donors (Lipinski definition) is 1. The Morgan fingerprint density at radius 1 is 1.23 bits per heavy atom. The molecule has 0 aliphatic carbocycles. The first kappa shape index (κ1) is 16.6. The van der Waals surface area contributed by atoms with Crippen molar-refractivity contribution in [2.45, 2.75) is 18.8 Å². The summed E-state index contributed by atoms with van der Waals surface area (Å²) >= 11 is 0. The zero-order valence-electron chi connectivity index (χ0n) is 12.9. The minimum Gasteiger partial charge on any atom is -0.493 e. The summed E-state index contributed by atoms with van der Waals surface area (Å²) in [5.41, 5.74) is 0.763. The van der Waals surface area contributed by atoms with Gasteiger partial charge >= 0.3 is 0 Å². The van der Waals surface area contributed by atoms with E-state index in [4.69, 9.17) is 14.0 Å². The zero-order chi connectivity index (χ0) is 14.9. The van der Waals surface area contributed by atoms with Gasteiger partial charge in [0.15, 0.2) is 11.5 Å². The van der Waals surface area contributed by atoms with Crippen molar-refractivity contribution < 1.29 is 14.0 Å². The molecule has 0 bridgehead atoms. The van der Waals surface area contributed by atoms with Crippen LogP contribution < -0.4 is 14.8 Å². The molecule has 1 aliphatic rings. The van der Waals surface area contributed by atoms with Gasteiger partial charge in [0.25, 0.3) is 0 Å². The summed E-state index contributed by atoms with van der Waals surface area (Å²) in [5, 5.41) is 7.43. The van der Waals surface area contributed by atoms with Gasteiger partial charge in [-0.2, -0.15) is 4.98 Å². The van der Waals surface area contributed by atoms with Gasteiger partial charge < -0.3 is 19.3 Å². The van der Waals surface area contributed by atoms with Gasteiger partial charge in [-0.3, -0.25) is 0 Å². The molecule has 1 aliphatic heterocycles. The van der Waals surface area contributed by atoms with Crippen molar-refractivity contribution in [2.75, 3.05) is 27.3 Å². The SMILES string of the molecule is COc1ccc(-c2noc(C3(C)CCNC3)n2)cc1OC.Cl. The third-order valence-corrected chi connectivity index (χ3v) is 3.95. The van der Waals surface area contributed by atoms with Gasteiger partial charge in [-0.1, -0.05) is 5.16 Å². The molecule has 0 saturated carbocycles. The Bertz CT molecular complexity index is 639. The van der Waals surface area contributed by atoms with Crippen molar-refractivity contribution in [3.63, 3.8) is 0 Å². The van der Waals surface area contributed by atoms with E-state index in [1.165, 1.54) is 0 Å². The summed E-state index contributed by atoms with van der Waals surface area (Å²) < 4.78 is 16.0. The fourth-order valence-corrected chi connectivity index (χ4v) is 2.56. The summed E-state index contributed by atoms with van der Waals surface area (Å²) in [5.74, 6) is 2.57.